The first-order chi connectivity index (χ1) is 15.5. The minimum Gasteiger partial charge on any atom is -0.480 e. The highest BCUT2D eigenvalue weighted by molar-refractivity contribution is 5.77. The zero-order chi connectivity index (χ0) is 25.1. The second-order valence-electron chi connectivity index (χ2n) is 8.05. The molecule has 3 unspecified atom stereocenters. The Morgan fingerprint density at radius 2 is 1.55 bits per heavy atom. The zero-order valence-electron chi connectivity index (χ0n) is 20.0. The van der Waals surface area contributed by atoms with Crippen molar-refractivity contribution in [3.63, 3.8) is 0 Å². The Hall–Kier alpha value is -2.94. The van der Waals surface area contributed by atoms with Crippen molar-refractivity contribution in [1.82, 2.24) is 0 Å². The van der Waals surface area contributed by atoms with E-state index >= 15 is 0 Å². The number of carbonyl (C=O) groups is 4. The maximum absolute atomic E-state index is 12.2. The topological polar surface area (TPSA) is 142 Å². The number of esters is 3. The molecule has 0 aromatic heterocycles. The van der Waals surface area contributed by atoms with Gasteiger partial charge < -0.3 is 25.1 Å². The van der Waals surface area contributed by atoms with Gasteiger partial charge in [0.25, 0.3) is 0 Å². The Morgan fingerprint density at radius 1 is 0.970 bits per heavy atom. The minimum atomic E-state index is -1.31. The van der Waals surface area contributed by atoms with Gasteiger partial charge in [0, 0.05) is 18.8 Å². The van der Waals surface area contributed by atoms with Crippen molar-refractivity contribution in [2.24, 2.45) is 17.6 Å². The molecule has 0 saturated heterocycles. The Kier molecular flexibility index (Phi) is 11.6. The van der Waals surface area contributed by atoms with Gasteiger partial charge in [-0.25, -0.2) is 0 Å². The number of benzene rings is 1. The van der Waals surface area contributed by atoms with Gasteiger partial charge >= 0.3 is 23.9 Å². The Labute approximate surface area is 194 Å². The summed E-state index contributed by atoms with van der Waals surface area (Å²) in [5.74, 6) is -4.12. The summed E-state index contributed by atoms with van der Waals surface area (Å²) in [5.41, 5.74) is 6.44. The fourth-order valence-corrected chi connectivity index (χ4v) is 3.34. The maximum atomic E-state index is 12.2. The van der Waals surface area contributed by atoms with Crippen LogP contribution >= 0.6 is 0 Å². The number of hydrogen-bond donors (Lipinski definition) is 2. The number of nitrogens with two attached hydrogens (primary N) is 1. The number of carboxylic acid groups (broad SMARTS) is 1. The molecule has 3 N–H and O–H groups in total. The lowest BCUT2D eigenvalue weighted by molar-refractivity contribution is -0.150. The molecule has 9 heteroatoms. The van der Waals surface area contributed by atoms with Gasteiger partial charge in [0.15, 0.2) is 11.5 Å². The molecule has 0 saturated carbocycles. The van der Waals surface area contributed by atoms with Gasteiger partial charge in [0.1, 0.15) is 6.04 Å². The lowest BCUT2D eigenvalue weighted by Crippen LogP contribution is -2.40. The van der Waals surface area contributed by atoms with Crippen LogP contribution < -0.4 is 15.2 Å². The molecule has 33 heavy (non-hydrogen) atoms. The van der Waals surface area contributed by atoms with Crippen molar-refractivity contribution >= 4 is 23.9 Å². The maximum Gasteiger partial charge on any atom is 0.321 e. The summed E-state index contributed by atoms with van der Waals surface area (Å²) in [6.45, 7) is 8.69. The van der Waals surface area contributed by atoms with Crippen LogP contribution in [0.25, 0.3) is 0 Å². The summed E-state index contributed by atoms with van der Waals surface area (Å²) in [7, 11) is 0. The number of hydrogen-bond acceptors (Lipinski definition) is 8. The third-order valence-corrected chi connectivity index (χ3v) is 5.28. The predicted molar refractivity (Wildman–Crippen MR) is 121 cm³/mol. The van der Waals surface area contributed by atoms with E-state index in [2.05, 4.69) is 0 Å². The Balaban J connectivity index is 3.27. The molecule has 1 aromatic carbocycles. The highest BCUT2D eigenvalue weighted by Gasteiger charge is 2.33. The first kappa shape index (κ1) is 28.1. The summed E-state index contributed by atoms with van der Waals surface area (Å²) >= 11 is 0. The van der Waals surface area contributed by atoms with E-state index in [0.29, 0.717) is 12.0 Å². The van der Waals surface area contributed by atoms with Crippen LogP contribution in [0.5, 0.6) is 11.5 Å². The molecule has 0 aliphatic carbocycles. The number of carboxylic acids is 1. The van der Waals surface area contributed by atoms with Crippen LogP contribution in [0, 0.1) is 11.8 Å². The van der Waals surface area contributed by atoms with Gasteiger partial charge in [-0.05, 0) is 30.0 Å². The lowest BCUT2D eigenvalue weighted by atomic mass is 9.82. The molecule has 0 radical (unpaired) electrons. The molecule has 0 spiro atoms. The molecule has 4 atom stereocenters. The van der Waals surface area contributed by atoms with Crippen molar-refractivity contribution in [3.05, 3.63) is 23.8 Å². The summed E-state index contributed by atoms with van der Waals surface area (Å²) in [4.78, 5) is 47.6. The average Bonchev–Trinajstić information content (AvgIpc) is 2.78. The first-order valence-corrected chi connectivity index (χ1v) is 11.3. The largest absolute Gasteiger partial charge is 0.480 e. The molecule has 0 amide bonds. The Morgan fingerprint density at radius 3 is 2.06 bits per heavy atom. The van der Waals surface area contributed by atoms with Gasteiger partial charge in [-0.2, -0.15) is 0 Å². The Bertz CT molecular complexity index is 838. The zero-order valence-corrected chi connectivity index (χ0v) is 20.0. The monoisotopic (exact) mass is 465 g/mol. The molecule has 9 nitrogen and oxygen atoms in total. The van der Waals surface area contributed by atoms with Gasteiger partial charge in [0.2, 0.25) is 0 Å². The third kappa shape index (κ3) is 8.49. The summed E-state index contributed by atoms with van der Waals surface area (Å²) < 4.78 is 16.0. The van der Waals surface area contributed by atoms with E-state index in [4.69, 9.17) is 19.9 Å². The van der Waals surface area contributed by atoms with E-state index in [1.807, 2.05) is 6.92 Å². The molecule has 0 heterocycles. The number of carbonyl (C=O) groups excluding carboxylic acids is 3. The molecule has 1 rings (SSSR count). The summed E-state index contributed by atoms with van der Waals surface area (Å²) in [6, 6.07) is 3.13. The molecular formula is C24H35NO8. The van der Waals surface area contributed by atoms with Crippen LogP contribution in [0.4, 0.5) is 0 Å². The van der Waals surface area contributed by atoms with Crippen molar-refractivity contribution in [2.75, 3.05) is 6.61 Å². The molecule has 0 aliphatic rings. The van der Waals surface area contributed by atoms with Gasteiger partial charge in [-0.1, -0.05) is 47.1 Å². The number of rotatable bonds is 13. The summed E-state index contributed by atoms with van der Waals surface area (Å²) in [5, 5.41) is 9.57. The van der Waals surface area contributed by atoms with Crippen LogP contribution in [0.1, 0.15) is 71.8 Å². The molecule has 1 aromatic rings. The van der Waals surface area contributed by atoms with Crippen LogP contribution in [0.2, 0.25) is 0 Å². The van der Waals surface area contributed by atoms with E-state index in [1.54, 1.807) is 33.8 Å². The molecule has 184 valence electrons. The van der Waals surface area contributed by atoms with E-state index in [-0.39, 0.29) is 42.8 Å². The molecular weight excluding hydrogens is 430 g/mol. The quantitative estimate of drug-likeness (QED) is 0.331. The average molecular weight is 466 g/mol. The highest BCUT2D eigenvalue weighted by atomic mass is 16.6. The normalized spacial score (nSPS) is 14.5. The van der Waals surface area contributed by atoms with Gasteiger partial charge in [0.05, 0.1) is 12.5 Å². The van der Waals surface area contributed by atoms with Crippen LogP contribution in [-0.4, -0.2) is 41.6 Å². The molecule has 0 fully saturated rings. The molecule has 0 aliphatic heterocycles. The van der Waals surface area contributed by atoms with Gasteiger partial charge in [-0.3, -0.25) is 19.2 Å². The SMILES string of the molecule is CCCC(C)C(=O)OCC(C)C(c1ccc(OC(=O)CC)c(OC(=O)CC)c1)[C@H](N)C(=O)O. The second kappa shape index (κ2) is 13.6. The van der Waals surface area contributed by atoms with Crippen molar-refractivity contribution in [3.8, 4) is 11.5 Å². The third-order valence-electron chi connectivity index (χ3n) is 5.28. The second-order valence-corrected chi connectivity index (χ2v) is 8.05. The summed E-state index contributed by atoms with van der Waals surface area (Å²) in [6.07, 6.45) is 1.74. The van der Waals surface area contributed by atoms with Crippen molar-refractivity contribution < 1.29 is 38.5 Å². The van der Waals surface area contributed by atoms with E-state index in [0.717, 1.165) is 6.42 Å². The number of aliphatic carboxylic acids is 1. The lowest BCUT2D eigenvalue weighted by Gasteiger charge is -2.28. The minimum absolute atomic E-state index is 0.00972. The highest BCUT2D eigenvalue weighted by Crippen LogP contribution is 2.36. The predicted octanol–water partition coefficient (Wildman–Crippen LogP) is 3.43. The van der Waals surface area contributed by atoms with Crippen LogP contribution in [0.15, 0.2) is 18.2 Å². The standard InChI is InChI=1S/C24H35NO8/c1-6-9-14(4)24(30)31-13-15(5)21(22(25)23(28)29)16-10-11-17(32-19(26)7-2)18(12-16)33-20(27)8-3/h10-12,14-15,21-22H,6-9,13,25H2,1-5H3,(H,28,29)/t14?,15?,21?,22-/m0/s1. The van der Waals surface area contributed by atoms with Crippen molar-refractivity contribution in [1.29, 1.82) is 0 Å². The van der Waals surface area contributed by atoms with Gasteiger partial charge in [-0.15, -0.1) is 0 Å². The van der Waals surface area contributed by atoms with E-state index in [1.165, 1.54) is 12.1 Å². The van der Waals surface area contributed by atoms with E-state index < -0.39 is 35.8 Å². The number of ether oxygens (including phenoxy) is 3. The fourth-order valence-electron chi connectivity index (χ4n) is 3.34. The fraction of sp³-hybridized carbons (Fsp3) is 0.583. The molecule has 0 bridgehead atoms. The van der Waals surface area contributed by atoms with E-state index in [9.17, 15) is 24.3 Å². The van der Waals surface area contributed by atoms with Crippen molar-refractivity contribution in [2.45, 2.75) is 72.3 Å². The smallest absolute Gasteiger partial charge is 0.321 e. The first-order valence-electron chi connectivity index (χ1n) is 11.3. The van der Waals surface area contributed by atoms with Crippen LogP contribution in [0.3, 0.4) is 0 Å². The van der Waals surface area contributed by atoms with Crippen LogP contribution in [-0.2, 0) is 23.9 Å².